The molecule has 1 aromatic rings. The highest BCUT2D eigenvalue weighted by Gasteiger charge is 2.34. The van der Waals surface area contributed by atoms with Crippen LogP contribution >= 0.6 is 0 Å². The van der Waals surface area contributed by atoms with Crippen molar-refractivity contribution in [3.05, 3.63) is 30.1 Å². The predicted molar refractivity (Wildman–Crippen MR) is 61.5 cm³/mol. The van der Waals surface area contributed by atoms with E-state index < -0.39 is 5.41 Å². The van der Waals surface area contributed by atoms with Gasteiger partial charge in [-0.3, -0.25) is 0 Å². The summed E-state index contributed by atoms with van der Waals surface area (Å²) in [5.74, 6) is -0.264. The Morgan fingerprint density at radius 1 is 1.18 bits per heavy atom. The molecule has 1 heterocycles. The molecule has 4 heteroatoms. The minimum atomic E-state index is -0.857. The number of piperidine rings is 1. The number of rotatable bonds is 1. The zero-order valence-corrected chi connectivity index (χ0v) is 9.36. The van der Waals surface area contributed by atoms with Gasteiger partial charge in [-0.15, -0.1) is 0 Å². The summed E-state index contributed by atoms with van der Waals surface area (Å²) in [5.41, 5.74) is -0.0430. The maximum Gasteiger partial charge on any atom is 0.147 e. The first-order valence-corrected chi connectivity index (χ1v) is 5.52. The van der Waals surface area contributed by atoms with Crippen LogP contribution in [0.5, 0.6) is 0 Å². The molecule has 86 valence electrons. The van der Waals surface area contributed by atoms with E-state index in [9.17, 15) is 4.39 Å². The molecule has 17 heavy (non-hydrogen) atoms. The molecule has 1 fully saturated rings. The van der Waals surface area contributed by atoms with Crippen LogP contribution in [0.2, 0.25) is 0 Å². The van der Waals surface area contributed by atoms with E-state index in [1.54, 1.807) is 6.07 Å². The minimum Gasteiger partial charge on any atom is -0.371 e. The van der Waals surface area contributed by atoms with Crippen molar-refractivity contribution in [3.8, 4) is 12.1 Å². The van der Waals surface area contributed by atoms with E-state index in [1.807, 2.05) is 11.0 Å². The van der Waals surface area contributed by atoms with Gasteiger partial charge in [0, 0.05) is 18.8 Å². The molecular formula is C13H12FN3. The number of halogens is 1. The summed E-state index contributed by atoms with van der Waals surface area (Å²) < 4.78 is 13.1. The monoisotopic (exact) mass is 229 g/mol. The van der Waals surface area contributed by atoms with Crippen molar-refractivity contribution in [1.29, 1.82) is 10.5 Å². The molecule has 2 rings (SSSR count). The fourth-order valence-electron chi connectivity index (χ4n) is 2.07. The quantitative estimate of drug-likeness (QED) is 0.743. The second-order valence-electron chi connectivity index (χ2n) is 4.27. The fourth-order valence-corrected chi connectivity index (χ4v) is 2.07. The second-order valence-corrected chi connectivity index (χ2v) is 4.27. The number of hydrogen-bond acceptors (Lipinski definition) is 3. The summed E-state index contributed by atoms with van der Waals surface area (Å²) in [6.45, 7) is 1.23. The SMILES string of the molecule is N#CC1(C#N)CCN(c2cccc(F)c2)CC1. The largest absolute Gasteiger partial charge is 0.371 e. The van der Waals surface area contributed by atoms with Gasteiger partial charge in [-0.25, -0.2) is 4.39 Å². The van der Waals surface area contributed by atoms with E-state index in [0.717, 1.165) is 5.69 Å². The Kier molecular flexibility index (Phi) is 2.97. The molecule has 1 aliphatic rings. The Balaban J connectivity index is 2.11. The molecule has 0 aliphatic carbocycles. The molecule has 0 bridgehead atoms. The zero-order chi connectivity index (χ0) is 12.3. The Labute approximate surface area is 99.7 Å². The molecule has 0 amide bonds. The molecule has 1 saturated heterocycles. The van der Waals surface area contributed by atoms with Gasteiger partial charge >= 0.3 is 0 Å². The van der Waals surface area contributed by atoms with Crippen LogP contribution in [-0.4, -0.2) is 13.1 Å². The summed E-state index contributed by atoms with van der Waals surface area (Å²) in [6.07, 6.45) is 1.02. The maximum atomic E-state index is 13.1. The maximum absolute atomic E-state index is 13.1. The lowest BCUT2D eigenvalue weighted by atomic mass is 9.81. The van der Waals surface area contributed by atoms with Crippen LogP contribution in [0.15, 0.2) is 24.3 Å². The topological polar surface area (TPSA) is 50.8 Å². The number of hydrogen-bond donors (Lipinski definition) is 0. The molecule has 0 unspecified atom stereocenters. The lowest BCUT2D eigenvalue weighted by Crippen LogP contribution is -2.38. The molecule has 0 spiro atoms. The summed E-state index contributed by atoms with van der Waals surface area (Å²) in [5, 5.41) is 18.0. The van der Waals surface area contributed by atoms with Gasteiger partial charge in [-0.1, -0.05) is 6.07 Å². The number of nitriles is 2. The highest BCUT2D eigenvalue weighted by molar-refractivity contribution is 5.47. The lowest BCUT2D eigenvalue weighted by Gasteiger charge is -2.34. The van der Waals surface area contributed by atoms with Crippen LogP contribution < -0.4 is 4.90 Å². The van der Waals surface area contributed by atoms with Crippen LogP contribution in [0.1, 0.15) is 12.8 Å². The molecular weight excluding hydrogens is 217 g/mol. The molecule has 0 N–H and O–H groups in total. The van der Waals surface area contributed by atoms with Crippen molar-refractivity contribution in [2.75, 3.05) is 18.0 Å². The smallest absolute Gasteiger partial charge is 0.147 e. The van der Waals surface area contributed by atoms with Crippen LogP contribution in [0, 0.1) is 33.9 Å². The van der Waals surface area contributed by atoms with Gasteiger partial charge in [0.2, 0.25) is 0 Å². The normalized spacial score (nSPS) is 18.2. The Bertz CT molecular complexity index is 474. The molecule has 1 aliphatic heterocycles. The van der Waals surface area contributed by atoms with Crippen molar-refractivity contribution in [2.24, 2.45) is 5.41 Å². The van der Waals surface area contributed by atoms with Crippen molar-refractivity contribution >= 4 is 5.69 Å². The number of benzene rings is 1. The van der Waals surface area contributed by atoms with E-state index >= 15 is 0 Å². The van der Waals surface area contributed by atoms with Crippen molar-refractivity contribution in [3.63, 3.8) is 0 Å². The average molecular weight is 229 g/mol. The molecule has 0 atom stereocenters. The van der Waals surface area contributed by atoms with E-state index in [1.165, 1.54) is 12.1 Å². The summed E-state index contributed by atoms with van der Waals surface area (Å²) in [6, 6.07) is 10.6. The summed E-state index contributed by atoms with van der Waals surface area (Å²) in [4.78, 5) is 2.01. The van der Waals surface area contributed by atoms with Crippen LogP contribution in [0.25, 0.3) is 0 Å². The Hall–Kier alpha value is -2.07. The van der Waals surface area contributed by atoms with Crippen molar-refractivity contribution in [1.82, 2.24) is 0 Å². The third-order valence-corrected chi connectivity index (χ3v) is 3.22. The first-order valence-electron chi connectivity index (χ1n) is 5.52. The zero-order valence-electron chi connectivity index (χ0n) is 9.36. The van der Waals surface area contributed by atoms with Gasteiger partial charge in [0.05, 0.1) is 12.1 Å². The number of nitrogens with zero attached hydrogens (tertiary/aromatic N) is 3. The molecule has 0 saturated carbocycles. The molecule has 1 aromatic carbocycles. The van der Waals surface area contributed by atoms with Crippen molar-refractivity contribution < 1.29 is 4.39 Å². The Morgan fingerprint density at radius 2 is 1.82 bits per heavy atom. The van der Waals surface area contributed by atoms with E-state index in [-0.39, 0.29) is 5.82 Å². The van der Waals surface area contributed by atoms with Gasteiger partial charge in [-0.2, -0.15) is 10.5 Å². The van der Waals surface area contributed by atoms with Crippen LogP contribution in [0.4, 0.5) is 10.1 Å². The highest BCUT2D eigenvalue weighted by Crippen LogP contribution is 2.32. The van der Waals surface area contributed by atoms with Gasteiger partial charge < -0.3 is 4.90 Å². The van der Waals surface area contributed by atoms with Gasteiger partial charge in [0.1, 0.15) is 11.2 Å². The number of anilines is 1. The van der Waals surface area contributed by atoms with E-state index in [4.69, 9.17) is 10.5 Å². The van der Waals surface area contributed by atoms with Crippen molar-refractivity contribution in [2.45, 2.75) is 12.8 Å². The van der Waals surface area contributed by atoms with E-state index in [2.05, 4.69) is 12.1 Å². The first kappa shape index (κ1) is 11.4. The Morgan fingerprint density at radius 3 is 2.35 bits per heavy atom. The second kappa shape index (κ2) is 4.43. The third-order valence-electron chi connectivity index (χ3n) is 3.22. The minimum absolute atomic E-state index is 0.264. The fraction of sp³-hybridized carbons (Fsp3) is 0.385. The van der Waals surface area contributed by atoms with Gasteiger partial charge in [-0.05, 0) is 31.0 Å². The molecule has 3 nitrogen and oxygen atoms in total. The first-order chi connectivity index (χ1) is 8.19. The third kappa shape index (κ3) is 2.21. The van der Waals surface area contributed by atoms with Gasteiger partial charge in [0.15, 0.2) is 0 Å². The molecule has 0 radical (unpaired) electrons. The van der Waals surface area contributed by atoms with Crippen LogP contribution in [-0.2, 0) is 0 Å². The van der Waals surface area contributed by atoms with Crippen LogP contribution in [0.3, 0.4) is 0 Å². The van der Waals surface area contributed by atoms with E-state index in [0.29, 0.717) is 25.9 Å². The highest BCUT2D eigenvalue weighted by atomic mass is 19.1. The standard InChI is InChI=1S/C13H12FN3/c14-11-2-1-3-12(8-11)17-6-4-13(9-15,10-16)5-7-17/h1-3,8H,4-7H2. The van der Waals surface area contributed by atoms with Gasteiger partial charge in [0.25, 0.3) is 0 Å². The summed E-state index contributed by atoms with van der Waals surface area (Å²) in [7, 11) is 0. The lowest BCUT2D eigenvalue weighted by molar-refractivity contribution is 0.393. The summed E-state index contributed by atoms with van der Waals surface area (Å²) >= 11 is 0. The predicted octanol–water partition coefficient (Wildman–Crippen LogP) is 2.46. The molecule has 0 aromatic heterocycles. The average Bonchev–Trinajstić information content (AvgIpc) is 2.39.